The first kappa shape index (κ1) is 13.9. The fraction of sp³-hybridized carbons (Fsp3) is 0.0714. The Morgan fingerprint density at radius 1 is 1.32 bits per heavy atom. The summed E-state index contributed by atoms with van der Waals surface area (Å²) < 4.78 is 0.857. The Morgan fingerprint density at radius 3 is 2.74 bits per heavy atom. The number of anilines is 2. The maximum Gasteiger partial charge on any atom is 0.256 e. The Hall–Kier alpha value is -1.52. The van der Waals surface area contributed by atoms with E-state index >= 15 is 0 Å². The highest BCUT2D eigenvalue weighted by Crippen LogP contribution is 2.26. The summed E-state index contributed by atoms with van der Waals surface area (Å²) in [5.41, 5.74) is 8.25. The van der Waals surface area contributed by atoms with Gasteiger partial charge in [-0.15, -0.1) is 0 Å². The van der Waals surface area contributed by atoms with Gasteiger partial charge in [0.15, 0.2) is 0 Å². The number of nitrogens with two attached hydrogens (primary N) is 1. The molecule has 0 atom stereocenters. The van der Waals surface area contributed by atoms with Gasteiger partial charge in [0, 0.05) is 15.7 Å². The zero-order chi connectivity index (χ0) is 14.0. The second-order valence-corrected chi connectivity index (χ2v) is 5.42. The second kappa shape index (κ2) is 5.63. The molecule has 3 N–H and O–H groups in total. The predicted octanol–water partition coefficient (Wildman–Crippen LogP) is 4.25. The zero-order valence-corrected chi connectivity index (χ0v) is 12.5. The molecule has 3 nitrogen and oxygen atoms in total. The molecule has 2 aromatic carbocycles. The van der Waals surface area contributed by atoms with Gasteiger partial charge in [-0.25, -0.2) is 0 Å². The Kier molecular flexibility index (Phi) is 4.12. The van der Waals surface area contributed by atoms with Gasteiger partial charge in [0.25, 0.3) is 5.91 Å². The largest absolute Gasteiger partial charge is 0.398 e. The van der Waals surface area contributed by atoms with Crippen molar-refractivity contribution in [1.82, 2.24) is 0 Å². The molecule has 0 fully saturated rings. The molecule has 0 saturated heterocycles. The summed E-state index contributed by atoms with van der Waals surface area (Å²) in [4.78, 5) is 12.2. The molecule has 0 aliphatic rings. The third-order valence-electron chi connectivity index (χ3n) is 2.80. The van der Waals surface area contributed by atoms with E-state index in [9.17, 15) is 4.79 Å². The van der Waals surface area contributed by atoms with Crippen molar-refractivity contribution in [3.63, 3.8) is 0 Å². The molecule has 0 radical (unpaired) electrons. The average Bonchev–Trinajstić information content (AvgIpc) is 2.36. The van der Waals surface area contributed by atoms with E-state index in [1.165, 1.54) is 0 Å². The molecule has 0 heterocycles. The summed E-state index contributed by atoms with van der Waals surface area (Å²) in [6, 6.07) is 10.5. The SMILES string of the molecule is Cc1c(N)cccc1C(=O)Nc1ccc(Br)cc1Cl. The molecule has 0 bridgehead atoms. The Balaban J connectivity index is 2.28. The van der Waals surface area contributed by atoms with Crippen molar-refractivity contribution in [2.24, 2.45) is 0 Å². The van der Waals surface area contributed by atoms with Crippen molar-refractivity contribution < 1.29 is 4.79 Å². The van der Waals surface area contributed by atoms with E-state index in [-0.39, 0.29) is 5.91 Å². The van der Waals surface area contributed by atoms with Gasteiger partial charge in [-0.3, -0.25) is 4.79 Å². The minimum Gasteiger partial charge on any atom is -0.398 e. The van der Waals surface area contributed by atoms with Gasteiger partial charge in [0.2, 0.25) is 0 Å². The minimum absolute atomic E-state index is 0.228. The van der Waals surface area contributed by atoms with Crippen LogP contribution in [0.4, 0.5) is 11.4 Å². The van der Waals surface area contributed by atoms with Gasteiger partial charge in [0.05, 0.1) is 10.7 Å². The first-order valence-corrected chi connectivity index (χ1v) is 6.77. The highest BCUT2D eigenvalue weighted by molar-refractivity contribution is 9.10. The van der Waals surface area contributed by atoms with E-state index in [0.717, 1.165) is 10.0 Å². The van der Waals surface area contributed by atoms with Crippen LogP contribution in [0.25, 0.3) is 0 Å². The van der Waals surface area contributed by atoms with Crippen LogP contribution in [0.2, 0.25) is 5.02 Å². The van der Waals surface area contributed by atoms with Crippen LogP contribution in [-0.2, 0) is 0 Å². The molecular weight excluding hydrogens is 328 g/mol. The normalized spacial score (nSPS) is 10.3. The molecule has 1 amide bonds. The minimum atomic E-state index is -0.228. The van der Waals surface area contributed by atoms with E-state index < -0.39 is 0 Å². The third kappa shape index (κ3) is 3.08. The molecular formula is C14H12BrClN2O. The molecule has 0 aliphatic carbocycles. The summed E-state index contributed by atoms with van der Waals surface area (Å²) in [5, 5.41) is 3.25. The Bertz CT molecular complexity index is 643. The molecule has 98 valence electrons. The Labute approximate surface area is 124 Å². The number of benzene rings is 2. The van der Waals surface area contributed by atoms with E-state index in [0.29, 0.717) is 22.0 Å². The lowest BCUT2D eigenvalue weighted by atomic mass is 10.1. The predicted molar refractivity (Wildman–Crippen MR) is 82.7 cm³/mol. The number of rotatable bonds is 2. The lowest BCUT2D eigenvalue weighted by Gasteiger charge is -2.10. The number of hydrogen-bond acceptors (Lipinski definition) is 2. The third-order valence-corrected chi connectivity index (χ3v) is 3.61. The van der Waals surface area contributed by atoms with Crippen LogP contribution < -0.4 is 11.1 Å². The van der Waals surface area contributed by atoms with E-state index in [4.69, 9.17) is 17.3 Å². The van der Waals surface area contributed by atoms with E-state index in [1.54, 1.807) is 30.3 Å². The van der Waals surface area contributed by atoms with Crippen LogP contribution in [0.15, 0.2) is 40.9 Å². The van der Waals surface area contributed by atoms with Crippen LogP contribution in [0.3, 0.4) is 0 Å². The van der Waals surface area contributed by atoms with Crippen molar-refractivity contribution in [2.45, 2.75) is 6.92 Å². The summed E-state index contributed by atoms with van der Waals surface area (Å²) in [7, 11) is 0. The monoisotopic (exact) mass is 338 g/mol. The van der Waals surface area contributed by atoms with Gasteiger partial charge in [-0.05, 0) is 42.8 Å². The molecule has 19 heavy (non-hydrogen) atoms. The fourth-order valence-electron chi connectivity index (χ4n) is 1.68. The average molecular weight is 340 g/mol. The molecule has 0 spiro atoms. The van der Waals surface area contributed by atoms with Crippen molar-refractivity contribution in [2.75, 3.05) is 11.1 Å². The van der Waals surface area contributed by atoms with E-state index in [2.05, 4.69) is 21.2 Å². The van der Waals surface area contributed by atoms with Gasteiger partial charge in [-0.1, -0.05) is 33.6 Å². The number of hydrogen-bond donors (Lipinski definition) is 2. The first-order chi connectivity index (χ1) is 8.99. The topological polar surface area (TPSA) is 55.1 Å². The molecule has 2 rings (SSSR count). The number of carbonyl (C=O) groups is 1. The van der Waals surface area contributed by atoms with Crippen LogP contribution in [0.1, 0.15) is 15.9 Å². The van der Waals surface area contributed by atoms with Crippen LogP contribution in [0.5, 0.6) is 0 Å². The summed E-state index contributed by atoms with van der Waals surface area (Å²) in [6.07, 6.45) is 0. The summed E-state index contributed by atoms with van der Waals surface area (Å²) in [5.74, 6) is -0.228. The van der Waals surface area contributed by atoms with Crippen LogP contribution in [0, 0.1) is 6.92 Å². The van der Waals surface area contributed by atoms with Gasteiger partial charge >= 0.3 is 0 Å². The molecule has 0 aromatic heterocycles. The molecule has 0 saturated carbocycles. The molecule has 0 aliphatic heterocycles. The Morgan fingerprint density at radius 2 is 2.05 bits per heavy atom. The smallest absolute Gasteiger partial charge is 0.256 e. The number of halogens is 2. The number of nitrogen functional groups attached to an aromatic ring is 1. The number of nitrogens with one attached hydrogen (secondary N) is 1. The van der Waals surface area contributed by atoms with Gasteiger partial charge < -0.3 is 11.1 Å². The standard InChI is InChI=1S/C14H12BrClN2O/c1-8-10(3-2-4-12(8)17)14(19)18-13-6-5-9(15)7-11(13)16/h2-7H,17H2,1H3,(H,18,19). The van der Waals surface area contributed by atoms with Crippen molar-refractivity contribution in [1.29, 1.82) is 0 Å². The maximum atomic E-state index is 12.2. The maximum absolute atomic E-state index is 12.2. The number of carbonyl (C=O) groups excluding carboxylic acids is 1. The van der Waals surface area contributed by atoms with Crippen LogP contribution >= 0.6 is 27.5 Å². The second-order valence-electron chi connectivity index (χ2n) is 4.10. The van der Waals surface area contributed by atoms with Crippen molar-refractivity contribution in [3.8, 4) is 0 Å². The van der Waals surface area contributed by atoms with Crippen molar-refractivity contribution in [3.05, 3.63) is 57.0 Å². The van der Waals surface area contributed by atoms with Gasteiger partial charge in [-0.2, -0.15) is 0 Å². The number of amides is 1. The lowest BCUT2D eigenvalue weighted by Crippen LogP contribution is -2.14. The van der Waals surface area contributed by atoms with E-state index in [1.807, 2.05) is 13.0 Å². The molecule has 0 unspecified atom stereocenters. The van der Waals surface area contributed by atoms with Gasteiger partial charge in [0.1, 0.15) is 0 Å². The molecule has 5 heteroatoms. The van der Waals surface area contributed by atoms with Crippen LogP contribution in [-0.4, -0.2) is 5.91 Å². The van der Waals surface area contributed by atoms with Crippen molar-refractivity contribution >= 4 is 44.8 Å². The molecule has 2 aromatic rings. The summed E-state index contributed by atoms with van der Waals surface area (Å²) in [6.45, 7) is 1.81. The highest BCUT2D eigenvalue weighted by Gasteiger charge is 2.12. The fourth-order valence-corrected chi connectivity index (χ4v) is 2.40. The quantitative estimate of drug-likeness (QED) is 0.804. The first-order valence-electron chi connectivity index (χ1n) is 5.60. The lowest BCUT2D eigenvalue weighted by molar-refractivity contribution is 0.102. The summed E-state index contributed by atoms with van der Waals surface area (Å²) >= 11 is 9.38. The highest BCUT2D eigenvalue weighted by atomic mass is 79.9. The zero-order valence-electron chi connectivity index (χ0n) is 10.2.